The van der Waals surface area contributed by atoms with Gasteiger partial charge in [-0.15, -0.1) is 5.10 Å². The molecular weight excluding hydrogens is 120 g/mol. The minimum atomic E-state index is -0.149. The molecule has 0 atom stereocenters. The molecule has 0 fully saturated rings. The molecule has 0 saturated carbocycles. The molecule has 1 heterocycles. The minimum Gasteiger partial charge on any atom is -0.308 e. The summed E-state index contributed by atoms with van der Waals surface area (Å²) in [6.07, 6.45) is 1.43. The molecule has 1 aromatic heterocycles. The van der Waals surface area contributed by atoms with Crippen molar-refractivity contribution in [2.24, 2.45) is 0 Å². The molecule has 9 heavy (non-hydrogen) atoms. The maximum atomic E-state index is 10.3. The van der Waals surface area contributed by atoms with Crippen molar-refractivity contribution in [1.29, 1.82) is 0 Å². The van der Waals surface area contributed by atoms with Crippen LogP contribution in [0.3, 0.4) is 0 Å². The lowest BCUT2D eigenvalue weighted by molar-refractivity contribution is -0.114. The molecule has 0 saturated heterocycles. The highest BCUT2D eigenvalue weighted by Crippen LogP contribution is 1.93. The van der Waals surface area contributed by atoms with Gasteiger partial charge < -0.3 is 5.32 Å². The van der Waals surface area contributed by atoms with Crippen LogP contribution in [-0.4, -0.2) is 21.3 Å². The standard InChI is InChI=1S/C4H6N4O/c1-3(9)6-4-2-5-8-7-4/h2H,1H3,(H2,5,6,7,8,9). The van der Waals surface area contributed by atoms with Crippen LogP contribution in [0.5, 0.6) is 0 Å². The molecule has 0 spiro atoms. The minimum absolute atomic E-state index is 0.149. The number of H-pyrrole nitrogens is 1. The Balaban J connectivity index is 2.58. The maximum Gasteiger partial charge on any atom is 0.222 e. The molecule has 0 aliphatic rings. The van der Waals surface area contributed by atoms with Gasteiger partial charge in [-0.3, -0.25) is 4.79 Å². The fourth-order valence-electron chi connectivity index (χ4n) is 0.442. The summed E-state index contributed by atoms with van der Waals surface area (Å²) >= 11 is 0. The van der Waals surface area contributed by atoms with E-state index in [1.807, 2.05) is 0 Å². The van der Waals surface area contributed by atoms with Crippen molar-refractivity contribution in [3.63, 3.8) is 0 Å². The Kier molecular flexibility index (Phi) is 1.44. The third-order valence-corrected chi connectivity index (χ3v) is 0.719. The average molecular weight is 126 g/mol. The van der Waals surface area contributed by atoms with E-state index in [2.05, 4.69) is 20.7 Å². The van der Waals surface area contributed by atoms with E-state index in [4.69, 9.17) is 0 Å². The number of hydrogen-bond donors (Lipinski definition) is 2. The summed E-state index contributed by atoms with van der Waals surface area (Å²) in [6.45, 7) is 1.41. The first-order chi connectivity index (χ1) is 4.29. The lowest BCUT2D eigenvalue weighted by Crippen LogP contribution is -2.05. The molecule has 0 aliphatic carbocycles. The van der Waals surface area contributed by atoms with Crippen LogP contribution >= 0.6 is 0 Å². The summed E-state index contributed by atoms with van der Waals surface area (Å²) in [5, 5.41) is 11.9. The van der Waals surface area contributed by atoms with E-state index in [1.165, 1.54) is 13.1 Å². The average Bonchev–Trinajstić information content (AvgIpc) is 2.15. The Morgan fingerprint density at radius 1 is 1.89 bits per heavy atom. The highest BCUT2D eigenvalue weighted by molar-refractivity contribution is 5.87. The first-order valence-electron chi connectivity index (χ1n) is 2.42. The topological polar surface area (TPSA) is 70.7 Å². The Morgan fingerprint density at radius 3 is 3.11 bits per heavy atom. The van der Waals surface area contributed by atoms with Crippen molar-refractivity contribution < 1.29 is 4.79 Å². The van der Waals surface area contributed by atoms with E-state index < -0.39 is 0 Å². The summed E-state index contributed by atoms with van der Waals surface area (Å²) in [5.74, 6) is 0.298. The second-order valence-corrected chi connectivity index (χ2v) is 1.54. The van der Waals surface area contributed by atoms with Crippen LogP contribution in [0.25, 0.3) is 0 Å². The number of carbonyl (C=O) groups excluding carboxylic acids is 1. The molecule has 0 bridgehead atoms. The Labute approximate surface area is 51.5 Å². The second-order valence-electron chi connectivity index (χ2n) is 1.54. The fraction of sp³-hybridized carbons (Fsp3) is 0.250. The van der Waals surface area contributed by atoms with Gasteiger partial charge in [0.25, 0.3) is 0 Å². The summed E-state index contributed by atoms with van der Waals surface area (Å²) < 4.78 is 0. The molecule has 5 nitrogen and oxygen atoms in total. The second kappa shape index (κ2) is 2.25. The summed E-state index contributed by atoms with van der Waals surface area (Å²) in [7, 11) is 0. The summed E-state index contributed by atoms with van der Waals surface area (Å²) in [4.78, 5) is 10.3. The highest BCUT2D eigenvalue weighted by atomic mass is 16.1. The van der Waals surface area contributed by atoms with Crippen molar-refractivity contribution in [3.05, 3.63) is 6.20 Å². The maximum absolute atomic E-state index is 10.3. The van der Waals surface area contributed by atoms with Gasteiger partial charge in [0.1, 0.15) is 0 Å². The number of aromatic nitrogens is 3. The molecular formula is C4H6N4O. The van der Waals surface area contributed by atoms with Gasteiger partial charge in [-0.2, -0.15) is 10.3 Å². The van der Waals surface area contributed by atoms with Crippen LogP contribution in [0.15, 0.2) is 6.20 Å². The SMILES string of the molecule is CC(=O)Nc1cn[nH]n1. The molecule has 0 aromatic carbocycles. The lowest BCUT2D eigenvalue weighted by atomic mass is 10.6. The molecule has 48 valence electrons. The number of nitrogens with zero attached hydrogens (tertiary/aromatic N) is 2. The fourth-order valence-corrected chi connectivity index (χ4v) is 0.442. The number of amides is 1. The molecule has 0 radical (unpaired) electrons. The third-order valence-electron chi connectivity index (χ3n) is 0.719. The predicted molar refractivity (Wildman–Crippen MR) is 30.7 cm³/mol. The van der Waals surface area contributed by atoms with E-state index >= 15 is 0 Å². The van der Waals surface area contributed by atoms with Crippen LogP contribution in [-0.2, 0) is 4.79 Å². The molecule has 1 rings (SSSR count). The van der Waals surface area contributed by atoms with Crippen LogP contribution in [0.4, 0.5) is 5.82 Å². The molecule has 1 aromatic rings. The van der Waals surface area contributed by atoms with Crippen molar-refractivity contribution >= 4 is 11.7 Å². The predicted octanol–water partition coefficient (Wildman–Crippen LogP) is -0.237. The van der Waals surface area contributed by atoms with Crippen molar-refractivity contribution in [1.82, 2.24) is 15.4 Å². The molecule has 0 unspecified atom stereocenters. The summed E-state index contributed by atoms with van der Waals surface area (Å²) in [5.41, 5.74) is 0. The van der Waals surface area contributed by atoms with Gasteiger partial charge in [0.15, 0.2) is 5.82 Å². The highest BCUT2D eigenvalue weighted by Gasteiger charge is 1.94. The van der Waals surface area contributed by atoms with E-state index in [0.29, 0.717) is 5.82 Å². The van der Waals surface area contributed by atoms with Gasteiger partial charge in [0.2, 0.25) is 5.91 Å². The van der Waals surface area contributed by atoms with E-state index in [1.54, 1.807) is 0 Å². The first kappa shape index (κ1) is 5.74. The van der Waals surface area contributed by atoms with E-state index in [9.17, 15) is 4.79 Å². The van der Waals surface area contributed by atoms with Gasteiger partial charge in [0.05, 0.1) is 6.20 Å². The lowest BCUT2D eigenvalue weighted by Gasteiger charge is -1.89. The third kappa shape index (κ3) is 1.52. The zero-order chi connectivity index (χ0) is 6.69. The van der Waals surface area contributed by atoms with Gasteiger partial charge in [-0.05, 0) is 0 Å². The number of anilines is 1. The zero-order valence-corrected chi connectivity index (χ0v) is 4.88. The van der Waals surface area contributed by atoms with Crippen molar-refractivity contribution in [2.75, 3.05) is 5.32 Å². The molecule has 5 heteroatoms. The Morgan fingerprint density at radius 2 is 2.67 bits per heavy atom. The number of nitrogens with one attached hydrogen (secondary N) is 2. The normalized spacial score (nSPS) is 9.00. The van der Waals surface area contributed by atoms with Gasteiger partial charge >= 0.3 is 0 Å². The first-order valence-corrected chi connectivity index (χ1v) is 2.42. The number of carbonyl (C=O) groups is 1. The largest absolute Gasteiger partial charge is 0.308 e. The zero-order valence-electron chi connectivity index (χ0n) is 4.88. The Bertz CT molecular complexity index is 192. The molecule has 0 aliphatic heterocycles. The van der Waals surface area contributed by atoms with Crippen molar-refractivity contribution in [2.45, 2.75) is 6.92 Å². The number of aromatic amines is 1. The van der Waals surface area contributed by atoms with E-state index in [0.717, 1.165) is 0 Å². The van der Waals surface area contributed by atoms with Crippen LogP contribution in [0.1, 0.15) is 6.92 Å². The molecule has 1 amide bonds. The van der Waals surface area contributed by atoms with Crippen LogP contribution in [0, 0.1) is 0 Å². The van der Waals surface area contributed by atoms with Gasteiger partial charge in [0, 0.05) is 6.92 Å². The van der Waals surface area contributed by atoms with Crippen LogP contribution < -0.4 is 5.32 Å². The Hall–Kier alpha value is -1.39. The number of hydrogen-bond acceptors (Lipinski definition) is 3. The quantitative estimate of drug-likeness (QED) is 0.545. The smallest absolute Gasteiger partial charge is 0.222 e. The van der Waals surface area contributed by atoms with E-state index in [-0.39, 0.29) is 5.91 Å². The molecule has 2 N–H and O–H groups in total. The van der Waals surface area contributed by atoms with Gasteiger partial charge in [-0.25, -0.2) is 0 Å². The summed E-state index contributed by atoms with van der Waals surface area (Å²) in [6, 6.07) is 0. The number of rotatable bonds is 1. The monoisotopic (exact) mass is 126 g/mol. The van der Waals surface area contributed by atoms with Crippen LogP contribution in [0.2, 0.25) is 0 Å². The van der Waals surface area contributed by atoms with Gasteiger partial charge in [-0.1, -0.05) is 0 Å². The van der Waals surface area contributed by atoms with Crippen molar-refractivity contribution in [3.8, 4) is 0 Å².